The molecule has 86 valence electrons. The van der Waals surface area contributed by atoms with Crippen LogP contribution in [0.5, 0.6) is 0 Å². The zero-order valence-electron chi connectivity index (χ0n) is 9.60. The van der Waals surface area contributed by atoms with E-state index >= 15 is 0 Å². The summed E-state index contributed by atoms with van der Waals surface area (Å²) in [6, 6.07) is 3.38. The van der Waals surface area contributed by atoms with Crippen molar-refractivity contribution in [2.75, 3.05) is 18.0 Å². The first kappa shape index (κ1) is 12.2. The van der Waals surface area contributed by atoms with Crippen molar-refractivity contribution in [3.8, 4) is 0 Å². The molecule has 0 aliphatic rings. The quantitative estimate of drug-likeness (QED) is 0.773. The molecule has 0 spiro atoms. The van der Waals surface area contributed by atoms with Gasteiger partial charge in [-0.1, -0.05) is 12.2 Å². The predicted octanol–water partition coefficient (Wildman–Crippen LogP) is 2.18. The van der Waals surface area contributed by atoms with Crippen LogP contribution < -0.4 is 4.90 Å². The first-order valence-electron chi connectivity index (χ1n) is 5.13. The Labute approximate surface area is 95.2 Å². The number of carboxylic acid groups (broad SMARTS) is 1. The molecule has 1 heterocycles. The molecule has 0 saturated heterocycles. The molecule has 4 nitrogen and oxygen atoms in total. The topological polar surface area (TPSA) is 53.4 Å². The van der Waals surface area contributed by atoms with Gasteiger partial charge in [-0.3, -0.25) is 0 Å². The van der Waals surface area contributed by atoms with Crippen molar-refractivity contribution in [2.45, 2.75) is 13.8 Å². The minimum absolute atomic E-state index is 0.0673. The summed E-state index contributed by atoms with van der Waals surface area (Å²) in [5.41, 5.74) is 1.96. The normalized spacial score (nSPS) is 9.88. The highest BCUT2D eigenvalue weighted by Gasteiger charge is 2.09. The summed E-state index contributed by atoms with van der Waals surface area (Å²) >= 11 is 0. The minimum Gasteiger partial charge on any atom is -0.477 e. The number of rotatable bonds is 5. The van der Waals surface area contributed by atoms with E-state index in [1.165, 1.54) is 6.20 Å². The third kappa shape index (κ3) is 3.08. The molecule has 0 aromatic carbocycles. The van der Waals surface area contributed by atoms with Crippen LogP contribution in [-0.4, -0.2) is 29.1 Å². The molecule has 0 amide bonds. The molecule has 0 radical (unpaired) electrons. The molecule has 0 atom stereocenters. The minimum atomic E-state index is -1.01. The Morgan fingerprint density at radius 3 is 2.81 bits per heavy atom. The second-order valence-corrected chi connectivity index (χ2v) is 3.68. The van der Waals surface area contributed by atoms with E-state index < -0.39 is 5.97 Å². The maximum absolute atomic E-state index is 10.8. The lowest BCUT2D eigenvalue weighted by molar-refractivity contribution is 0.0690. The first-order valence-corrected chi connectivity index (χ1v) is 5.13. The van der Waals surface area contributed by atoms with Crippen molar-refractivity contribution >= 4 is 11.7 Å². The fourth-order valence-corrected chi connectivity index (χ4v) is 1.44. The second kappa shape index (κ2) is 5.30. The van der Waals surface area contributed by atoms with E-state index in [1.54, 1.807) is 12.1 Å². The van der Waals surface area contributed by atoms with Gasteiger partial charge in [-0.2, -0.15) is 0 Å². The number of aromatic nitrogens is 1. The molecular weight excluding hydrogens is 204 g/mol. The van der Waals surface area contributed by atoms with Gasteiger partial charge in [-0.15, -0.1) is 0 Å². The number of pyridine rings is 1. The number of hydrogen-bond donors (Lipinski definition) is 1. The van der Waals surface area contributed by atoms with Gasteiger partial charge in [0.05, 0.1) is 0 Å². The molecule has 0 bridgehead atoms. The summed E-state index contributed by atoms with van der Waals surface area (Å²) in [6.45, 7) is 9.34. The number of likely N-dealkylation sites (N-methyl/N-ethyl adjacent to an activating group) is 1. The average molecular weight is 220 g/mol. The Kier molecular flexibility index (Phi) is 4.05. The highest BCUT2D eigenvalue weighted by molar-refractivity contribution is 5.86. The largest absolute Gasteiger partial charge is 0.477 e. The number of anilines is 1. The number of carboxylic acids is 1. The van der Waals surface area contributed by atoms with Gasteiger partial charge in [0.25, 0.3) is 0 Å². The van der Waals surface area contributed by atoms with E-state index in [-0.39, 0.29) is 5.69 Å². The van der Waals surface area contributed by atoms with Crippen molar-refractivity contribution in [1.82, 2.24) is 4.98 Å². The monoisotopic (exact) mass is 220 g/mol. The summed E-state index contributed by atoms with van der Waals surface area (Å²) < 4.78 is 0. The summed E-state index contributed by atoms with van der Waals surface area (Å²) in [7, 11) is 0. The summed E-state index contributed by atoms with van der Waals surface area (Å²) in [5, 5.41) is 8.85. The molecule has 0 aliphatic heterocycles. The van der Waals surface area contributed by atoms with Gasteiger partial charge in [-0.05, 0) is 26.0 Å². The number of hydrogen-bond acceptors (Lipinski definition) is 3. The van der Waals surface area contributed by atoms with Crippen LogP contribution in [0.15, 0.2) is 30.5 Å². The standard InChI is InChI=1S/C12H16N2O2/c1-4-14(8-9(2)3)10-5-6-13-11(7-10)12(15)16/h5-7H,2,4,8H2,1,3H3,(H,15,16). The van der Waals surface area contributed by atoms with Gasteiger partial charge in [0.15, 0.2) is 0 Å². The van der Waals surface area contributed by atoms with Crippen LogP contribution in [0, 0.1) is 0 Å². The number of aromatic carboxylic acids is 1. The Morgan fingerprint density at radius 1 is 1.62 bits per heavy atom. The highest BCUT2D eigenvalue weighted by Crippen LogP contribution is 2.15. The van der Waals surface area contributed by atoms with Crippen LogP contribution >= 0.6 is 0 Å². The Hall–Kier alpha value is -1.84. The zero-order valence-corrected chi connectivity index (χ0v) is 9.60. The fourth-order valence-electron chi connectivity index (χ4n) is 1.44. The van der Waals surface area contributed by atoms with Gasteiger partial charge in [0, 0.05) is 25.0 Å². The molecule has 1 N–H and O–H groups in total. The highest BCUT2D eigenvalue weighted by atomic mass is 16.4. The SMILES string of the molecule is C=C(C)CN(CC)c1ccnc(C(=O)O)c1. The molecule has 1 aromatic heterocycles. The van der Waals surface area contributed by atoms with E-state index in [0.717, 1.165) is 24.4 Å². The second-order valence-electron chi connectivity index (χ2n) is 3.68. The van der Waals surface area contributed by atoms with E-state index in [2.05, 4.69) is 16.5 Å². The lowest BCUT2D eigenvalue weighted by Crippen LogP contribution is -2.24. The number of carbonyl (C=O) groups is 1. The van der Waals surface area contributed by atoms with E-state index in [1.807, 2.05) is 13.8 Å². The van der Waals surface area contributed by atoms with E-state index in [9.17, 15) is 4.79 Å². The molecule has 0 saturated carbocycles. The molecule has 1 rings (SSSR count). The van der Waals surface area contributed by atoms with Crippen LogP contribution in [0.3, 0.4) is 0 Å². The Bertz CT molecular complexity index is 402. The summed E-state index contributed by atoms with van der Waals surface area (Å²) in [5.74, 6) is -1.01. The Balaban J connectivity index is 2.96. The Morgan fingerprint density at radius 2 is 2.31 bits per heavy atom. The van der Waals surface area contributed by atoms with Crippen LogP contribution in [0.4, 0.5) is 5.69 Å². The lowest BCUT2D eigenvalue weighted by Gasteiger charge is -2.23. The van der Waals surface area contributed by atoms with Gasteiger partial charge in [0.1, 0.15) is 5.69 Å². The zero-order chi connectivity index (χ0) is 12.1. The molecule has 16 heavy (non-hydrogen) atoms. The lowest BCUT2D eigenvalue weighted by atomic mass is 10.2. The van der Waals surface area contributed by atoms with Crippen LogP contribution in [0.1, 0.15) is 24.3 Å². The first-order chi connectivity index (χ1) is 7.54. The van der Waals surface area contributed by atoms with Crippen molar-refractivity contribution in [3.05, 3.63) is 36.2 Å². The van der Waals surface area contributed by atoms with Crippen molar-refractivity contribution in [2.24, 2.45) is 0 Å². The molecule has 0 unspecified atom stereocenters. The van der Waals surface area contributed by atoms with E-state index in [0.29, 0.717) is 0 Å². The van der Waals surface area contributed by atoms with Gasteiger partial charge >= 0.3 is 5.97 Å². The predicted molar refractivity (Wildman–Crippen MR) is 63.9 cm³/mol. The molecule has 0 aliphatic carbocycles. The van der Waals surface area contributed by atoms with Crippen molar-refractivity contribution in [1.29, 1.82) is 0 Å². The molecule has 4 heteroatoms. The number of nitrogens with zero attached hydrogens (tertiary/aromatic N) is 2. The summed E-state index contributed by atoms with van der Waals surface area (Å²) in [4.78, 5) is 16.6. The van der Waals surface area contributed by atoms with E-state index in [4.69, 9.17) is 5.11 Å². The molecule has 0 fully saturated rings. The van der Waals surface area contributed by atoms with Crippen LogP contribution in [0.25, 0.3) is 0 Å². The fraction of sp³-hybridized carbons (Fsp3) is 0.333. The third-order valence-corrected chi connectivity index (χ3v) is 2.17. The smallest absolute Gasteiger partial charge is 0.354 e. The van der Waals surface area contributed by atoms with Crippen molar-refractivity contribution in [3.63, 3.8) is 0 Å². The van der Waals surface area contributed by atoms with Gasteiger partial charge in [-0.25, -0.2) is 9.78 Å². The summed E-state index contributed by atoms with van der Waals surface area (Å²) in [6.07, 6.45) is 1.51. The molecular formula is C12H16N2O2. The average Bonchev–Trinajstić information content (AvgIpc) is 2.25. The van der Waals surface area contributed by atoms with Gasteiger partial charge < -0.3 is 10.0 Å². The third-order valence-electron chi connectivity index (χ3n) is 2.17. The molecule has 1 aromatic rings. The van der Waals surface area contributed by atoms with Gasteiger partial charge in [0.2, 0.25) is 0 Å². The van der Waals surface area contributed by atoms with Crippen molar-refractivity contribution < 1.29 is 9.90 Å². The maximum atomic E-state index is 10.8. The maximum Gasteiger partial charge on any atom is 0.354 e. The van der Waals surface area contributed by atoms with Crippen LogP contribution in [0.2, 0.25) is 0 Å². The van der Waals surface area contributed by atoms with Crippen LogP contribution in [-0.2, 0) is 0 Å².